The molecule has 0 bridgehead atoms. The van der Waals surface area contributed by atoms with Crippen LogP contribution in [-0.2, 0) is 21.2 Å². The molecule has 2 heterocycles. The van der Waals surface area contributed by atoms with E-state index in [0.29, 0.717) is 25.9 Å². The summed E-state index contributed by atoms with van der Waals surface area (Å²) < 4.78 is 23.2. The molecule has 0 saturated carbocycles. The van der Waals surface area contributed by atoms with Gasteiger partial charge in [-0.1, -0.05) is 18.2 Å². The van der Waals surface area contributed by atoms with Crippen LogP contribution in [0.2, 0.25) is 0 Å². The van der Waals surface area contributed by atoms with Crippen molar-refractivity contribution >= 4 is 26.5 Å². The minimum absolute atomic E-state index is 0.0312. The van der Waals surface area contributed by atoms with Crippen LogP contribution in [0.4, 0.5) is 0 Å². The van der Waals surface area contributed by atoms with Crippen LogP contribution in [-0.4, -0.2) is 67.3 Å². The number of carbonyl (C=O) groups excluding carboxylic acids is 1. The highest BCUT2D eigenvalue weighted by molar-refractivity contribution is 7.91. The van der Waals surface area contributed by atoms with Crippen molar-refractivity contribution in [2.24, 2.45) is 0 Å². The topological polar surface area (TPSA) is 70.6 Å². The van der Waals surface area contributed by atoms with Gasteiger partial charge in [0.15, 0.2) is 9.84 Å². The summed E-state index contributed by atoms with van der Waals surface area (Å²) in [6.07, 6.45) is 4.63. The molecule has 1 unspecified atom stereocenters. The molecule has 1 aliphatic rings. The standard InChI is InChI=1S/C19H25N3O3S/c1-21(17-8-11-26(24,25)14-17)10-7-19(23)22(2)13-16-5-3-4-15-12-20-9-6-18(15)16/h3-6,9,12,17H,7-8,10-11,13-14H2,1-2H3. The second-order valence-electron chi connectivity index (χ2n) is 7.05. The predicted octanol–water partition coefficient (Wildman–Crippen LogP) is 1.70. The number of pyridine rings is 1. The van der Waals surface area contributed by atoms with E-state index in [1.165, 1.54) is 0 Å². The van der Waals surface area contributed by atoms with Gasteiger partial charge in [-0.2, -0.15) is 0 Å². The first-order valence-corrected chi connectivity index (χ1v) is 10.6. The smallest absolute Gasteiger partial charge is 0.223 e. The van der Waals surface area contributed by atoms with Crippen molar-refractivity contribution in [3.8, 4) is 0 Å². The van der Waals surface area contributed by atoms with E-state index in [-0.39, 0.29) is 23.5 Å². The van der Waals surface area contributed by atoms with Gasteiger partial charge in [0.2, 0.25) is 5.91 Å². The molecular formula is C19H25N3O3S. The van der Waals surface area contributed by atoms with Gasteiger partial charge in [-0.3, -0.25) is 9.78 Å². The Morgan fingerprint density at radius 1 is 1.27 bits per heavy atom. The quantitative estimate of drug-likeness (QED) is 0.769. The number of hydrogen-bond acceptors (Lipinski definition) is 5. The first-order chi connectivity index (χ1) is 12.4. The number of benzene rings is 1. The van der Waals surface area contributed by atoms with Crippen LogP contribution in [0, 0.1) is 0 Å². The minimum Gasteiger partial charge on any atom is -0.341 e. The van der Waals surface area contributed by atoms with E-state index < -0.39 is 9.84 Å². The SMILES string of the molecule is CN(Cc1cccc2cnccc12)C(=O)CCN(C)C1CCS(=O)(=O)C1. The average molecular weight is 375 g/mol. The van der Waals surface area contributed by atoms with Crippen LogP contribution in [0.1, 0.15) is 18.4 Å². The highest BCUT2D eigenvalue weighted by Crippen LogP contribution is 2.19. The average Bonchev–Trinajstić information content (AvgIpc) is 2.99. The monoisotopic (exact) mass is 375 g/mol. The van der Waals surface area contributed by atoms with Gasteiger partial charge in [0.05, 0.1) is 11.5 Å². The van der Waals surface area contributed by atoms with E-state index in [2.05, 4.69) is 4.98 Å². The predicted molar refractivity (Wildman–Crippen MR) is 103 cm³/mol. The van der Waals surface area contributed by atoms with E-state index in [0.717, 1.165) is 16.3 Å². The molecule has 1 aromatic carbocycles. The van der Waals surface area contributed by atoms with Crippen LogP contribution in [0.15, 0.2) is 36.7 Å². The molecule has 0 aliphatic carbocycles. The van der Waals surface area contributed by atoms with Crippen molar-refractivity contribution < 1.29 is 13.2 Å². The van der Waals surface area contributed by atoms with Gasteiger partial charge >= 0.3 is 0 Å². The van der Waals surface area contributed by atoms with Gasteiger partial charge in [0, 0.05) is 50.4 Å². The van der Waals surface area contributed by atoms with Crippen LogP contribution in [0.3, 0.4) is 0 Å². The second-order valence-corrected chi connectivity index (χ2v) is 9.28. The normalized spacial score (nSPS) is 19.1. The summed E-state index contributed by atoms with van der Waals surface area (Å²) in [5.74, 6) is 0.521. The maximum absolute atomic E-state index is 12.5. The lowest BCUT2D eigenvalue weighted by molar-refractivity contribution is -0.130. The summed E-state index contributed by atoms with van der Waals surface area (Å²) in [6, 6.07) is 8.02. The fraction of sp³-hybridized carbons (Fsp3) is 0.474. The molecule has 6 nitrogen and oxygen atoms in total. The summed E-state index contributed by atoms with van der Waals surface area (Å²) in [5.41, 5.74) is 1.09. The van der Waals surface area contributed by atoms with Gasteiger partial charge < -0.3 is 9.80 Å². The molecule has 1 atom stereocenters. The Bertz CT molecular complexity index is 893. The summed E-state index contributed by atoms with van der Waals surface area (Å²) >= 11 is 0. The van der Waals surface area contributed by atoms with Crippen molar-refractivity contribution in [1.82, 2.24) is 14.8 Å². The second kappa shape index (κ2) is 7.72. The Hall–Kier alpha value is -1.99. The number of amides is 1. The maximum Gasteiger partial charge on any atom is 0.223 e. The minimum atomic E-state index is -2.90. The third-order valence-corrected chi connectivity index (χ3v) is 6.86. The van der Waals surface area contributed by atoms with Crippen LogP contribution in [0.25, 0.3) is 10.8 Å². The molecule has 1 aromatic heterocycles. The van der Waals surface area contributed by atoms with Crippen molar-refractivity contribution in [3.63, 3.8) is 0 Å². The Labute approximate surface area is 154 Å². The van der Waals surface area contributed by atoms with E-state index in [1.54, 1.807) is 11.1 Å². The number of aromatic nitrogens is 1. The fourth-order valence-electron chi connectivity index (χ4n) is 3.44. The lowest BCUT2D eigenvalue weighted by Crippen LogP contribution is -2.36. The molecule has 26 heavy (non-hydrogen) atoms. The summed E-state index contributed by atoms with van der Waals surface area (Å²) in [6.45, 7) is 1.12. The molecule has 0 radical (unpaired) electrons. The van der Waals surface area contributed by atoms with Crippen molar-refractivity contribution in [2.45, 2.75) is 25.4 Å². The van der Waals surface area contributed by atoms with Gasteiger partial charge in [0.1, 0.15) is 0 Å². The van der Waals surface area contributed by atoms with Crippen LogP contribution in [0.5, 0.6) is 0 Å². The molecular weight excluding hydrogens is 350 g/mol. The molecule has 1 amide bonds. The first-order valence-electron chi connectivity index (χ1n) is 8.82. The van der Waals surface area contributed by atoms with E-state index >= 15 is 0 Å². The summed E-state index contributed by atoms with van der Waals surface area (Å²) in [7, 11) is 0.808. The lowest BCUT2D eigenvalue weighted by Gasteiger charge is -2.24. The molecule has 0 N–H and O–H groups in total. The highest BCUT2D eigenvalue weighted by Gasteiger charge is 2.30. The Morgan fingerprint density at radius 2 is 2.08 bits per heavy atom. The zero-order chi connectivity index (χ0) is 18.7. The fourth-order valence-corrected chi connectivity index (χ4v) is 5.24. The van der Waals surface area contributed by atoms with Crippen LogP contribution < -0.4 is 0 Å². The first kappa shape index (κ1) is 18.8. The Balaban J connectivity index is 1.56. The molecule has 140 valence electrons. The molecule has 2 aromatic rings. The highest BCUT2D eigenvalue weighted by atomic mass is 32.2. The number of carbonyl (C=O) groups is 1. The van der Waals surface area contributed by atoms with Gasteiger partial charge in [-0.05, 0) is 30.5 Å². The molecule has 0 spiro atoms. The van der Waals surface area contributed by atoms with Crippen LogP contribution >= 0.6 is 0 Å². The molecule has 3 rings (SSSR count). The molecule has 7 heteroatoms. The summed E-state index contributed by atoms with van der Waals surface area (Å²) in [5, 5.41) is 2.17. The van der Waals surface area contributed by atoms with Gasteiger partial charge in [0.25, 0.3) is 0 Å². The van der Waals surface area contributed by atoms with Gasteiger partial charge in [-0.15, -0.1) is 0 Å². The summed E-state index contributed by atoms with van der Waals surface area (Å²) in [4.78, 5) is 20.4. The van der Waals surface area contributed by atoms with Crippen molar-refractivity contribution in [3.05, 3.63) is 42.2 Å². The number of rotatable bonds is 6. The van der Waals surface area contributed by atoms with Gasteiger partial charge in [-0.25, -0.2) is 8.42 Å². The third kappa shape index (κ3) is 4.40. The zero-order valence-electron chi connectivity index (χ0n) is 15.3. The Kier molecular flexibility index (Phi) is 5.58. The number of hydrogen-bond donors (Lipinski definition) is 0. The number of sulfone groups is 1. The molecule has 1 fully saturated rings. The maximum atomic E-state index is 12.5. The van der Waals surface area contributed by atoms with E-state index in [1.807, 2.05) is 49.5 Å². The Morgan fingerprint density at radius 3 is 2.81 bits per heavy atom. The molecule has 1 aliphatic heterocycles. The van der Waals surface area contributed by atoms with E-state index in [9.17, 15) is 13.2 Å². The number of nitrogens with zero attached hydrogens (tertiary/aromatic N) is 3. The largest absolute Gasteiger partial charge is 0.341 e. The lowest BCUT2D eigenvalue weighted by atomic mass is 10.1. The van der Waals surface area contributed by atoms with E-state index in [4.69, 9.17) is 0 Å². The third-order valence-electron chi connectivity index (χ3n) is 5.11. The molecule has 1 saturated heterocycles. The number of fused-ring (bicyclic) bond motifs is 1. The van der Waals surface area contributed by atoms with Crippen molar-refractivity contribution in [1.29, 1.82) is 0 Å². The van der Waals surface area contributed by atoms with Crippen molar-refractivity contribution in [2.75, 3.05) is 32.1 Å². The zero-order valence-corrected chi connectivity index (χ0v) is 16.1.